The molecule has 106 valence electrons. The van der Waals surface area contributed by atoms with Crippen LogP contribution in [0.15, 0.2) is 6.07 Å². The van der Waals surface area contributed by atoms with E-state index in [0.29, 0.717) is 6.04 Å². The quantitative estimate of drug-likeness (QED) is 0.808. The summed E-state index contributed by atoms with van der Waals surface area (Å²) in [6.07, 6.45) is 7.78. The molecule has 3 rings (SSSR count). The molecule has 0 amide bonds. The summed E-state index contributed by atoms with van der Waals surface area (Å²) in [5, 5.41) is 0. The van der Waals surface area contributed by atoms with Crippen molar-refractivity contribution in [2.45, 2.75) is 71.4 Å². The number of aromatic nitrogens is 1. The van der Waals surface area contributed by atoms with Crippen molar-refractivity contribution < 1.29 is 0 Å². The van der Waals surface area contributed by atoms with Crippen LogP contribution in [0.4, 0.5) is 0 Å². The summed E-state index contributed by atoms with van der Waals surface area (Å²) in [6, 6.07) is 3.35. The van der Waals surface area contributed by atoms with Gasteiger partial charge in [-0.2, -0.15) is 0 Å². The largest absolute Gasteiger partial charge is 0.345 e. The van der Waals surface area contributed by atoms with E-state index in [1.807, 2.05) is 0 Å². The molecule has 0 saturated heterocycles. The Morgan fingerprint density at radius 3 is 2.74 bits per heavy atom. The first-order valence-corrected chi connectivity index (χ1v) is 8.05. The SMILES string of the molecule is Cc1cc2c(n1C1CCCC(C)C1C)CCCC2N. The summed E-state index contributed by atoms with van der Waals surface area (Å²) in [5.41, 5.74) is 10.7. The molecule has 0 aromatic carbocycles. The van der Waals surface area contributed by atoms with Crippen LogP contribution in [0.1, 0.15) is 75.0 Å². The second-order valence-electron chi connectivity index (χ2n) is 6.89. The van der Waals surface area contributed by atoms with E-state index < -0.39 is 0 Å². The van der Waals surface area contributed by atoms with Crippen LogP contribution in [0, 0.1) is 18.8 Å². The van der Waals surface area contributed by atoms with Crippen LogP contribution in [-0.2, 0) is 6.42 Å². The zero-order chi connectivity index (χ0) is 13.6. The van der Waals surface area contributed by atoms with Crippen LogP contribution in [0.3, 0.4) is 0 Å². The minimum atomic E-state index is 0.278. The average Bonchev–Trinajstić information content (AvgIpc) is 2.71. The Morgan fingerprint density at radius 1 is 1.16 bits per heavy atom. The van der Waals surface area contributed by atoms with Crippen molar-refractivity contribution in [2.75, 3.05) is 0 Å². The third-order valence-corrected chi connectivity index (χ3v) is 5.69. The summed E-state index contributed by atoms with van der Waals surface area (Å²) in [4.78, 5) is 0. The fourth-order valence-electron chi connectivity index (χ4n) is 4.34. The first-order chi connectivity index (χ1) is 9.09. The van der Waals surface area contributed by atoms with Gasteiger partial charge in [-0.1, -0.05) is 26.7 Å². The van der Waals surface area contributed by atoms with Crippen molar-refractivity contribution in [3.63, 3.8) is 0 Å². The van der Waals surface area contributed by atoms with Crippen molar-refractivity contribution in [1.29, 1.82) is 0 Å². The van der Waals surface area contributed by atoms with Gasteiger partial charge in [-0.3, -0.25) is 0 Å². The summed E-state index contributed by atoms with van der Waals surface area (Å²) < 4.78 is 2.66. The topological polar surface area (TPSA) is 30.9 Å². The highest BCUT2D eigenvalue weighted by molar-refractivity contribution is 5.33. The highest BCUT2D eigenvalue weighted by Crippen LogP contribution is 2.42. The minimum Gasteiger partial charge on any atom is -0.345 e. The Kier molecular flexibility index (Phi) is 3.46. The molecule has 1 aromatic rings. The van der Waals surface area contributed by atoms with Gasteiger partial charge >= 0.3 is 0 Å². The zero-order valence-corrected chi connectivity index (χ0v) is 12.7. The molecule has 1 heterocycles. The second-order valence-corrected chi connectivity index (χ2v) is 6.89. The van der Waals surface area contributed by atoms with Crippen molar-refractivity contribution in [2.24, 2.45) is 17.6 Å². The van der Waals surface area contributed by atoms with E-state index in [9.17, 15) is 0 Å². The molecular formula is C17H28N2. The molecular weight excluding hydrogens is 232 g/mol. The first kappa shape index (κ1) is 13.2. The maximum atomic E-state index is 6.31. The van der Waals surface area contributed by atoms with Gasteiger partial charge in [-0.05, 0) is 56.1 Å². The van der Waals surface area contributed by atoms with Crippen LogP contribution >= 0.6 is 0 Å². The molecule has 1 saturated carbocycles. The Hall–Kier alpha value is -0.760. The van der Waals surface area contributed by atoms with Gasteiger partial charge in [0.2, 0.25) is 0 Å². The maximum absolute atomic E-state index is 6.31. The fraction of sp³-hybridized carbons (Fsp3) is 0.765. The Labute approximate surface area is 117 Å². The summed E-state index contributed by atoms with van der Waals surface area (Å²) in [5.74, 6) is 1.65. The fourth-order valence-corrected chi connectivity index (χ4v) is 4.34. The monoisotopic (exact) mass is 260 g/mol. The lowest BCUT2D eigenvalue weighted by molar-refractivity contribution is 0.181. The Morgan fingerprint density at radius 2 is 1.95 bits per heavy atom. The van der Waals surface area contributed by atoms with E-state index >= 15 is 0 Å². The van der Waals surface area contributed by atoms with Gasteiger partial charge in [-0.15, -0.1) is 0 Å². The molecule has 4 unspecified atom stereocenters. The third-order valence-electron chi connectivity index (χ3n) is 5.69. The lowest BCUT2D eigenvalue weighted by atomic mass is 9.77. The van der Waals surface area contributed by atoms with Crippen LogP contribution in [0.5, 0.6) is 0 Å². The van der Waals surface area contributed by atoms with E-state index in [1.165, 1.54) is 43.4 Å². The number of aryl methyl sites for hydroxylation is 1. The molecule has 0 spiro atoms. The third kappa shape index (κ3) is 2.14. The van der Waals surface area contributed by atoms with E-state index in [2.05, 4.69) is 31.4 Å². The Balaban J connectivity index is 2.00. The highest BCUT2D eigenvalue weighted by atomic mass is 15.0. The number of hydrogen-bond donors (Lipinski definition) is 1. The van der Waals surface area contributed by atoms with Crippen LogP contribution in [-0.4, -0.2) is 4.57 Å². The number of rotatable bonds is 1. The van der Waals surface area contributed by atoms with Gasteiger partial charge in [0.25, 0.3) is 0 Å². The van der Waals surface area contributed by atoms with E-state index in [1.54, 1.807) is 5.69 Å². The average molecular weight is 260 g/mol. The smallest absolute Gasteiger partial charge is 0.0364 e. The predicted octanol–water partition coefficient (Wildman–Crippen LogP) is 4.13. The zero-order valence-electron chi connectivity index (χ0n) is 12.7. The van der Waals surface area contributed by atoms with Crippen LogP contribution in [0.2, 0.25) is 0 Å². The lowest BCUT2D eigenvalue weighted by Crippen LogP contribution is -2.29. The summed E-state index contributed by atoms with van der Waals surface area (Å²) >= 11 is 0. The molecule has 2 N–H and O–H groups in total. The molecule has 0 radical (unpaired) electrons. The summed E-state index contributed by atoms with van der Waals surface area (Å²) in [7, 11) is 0. The van der Waals surface area contributed by atoms with Crippen molar-refractivity contribution in [3.05, 3.63) is 23.0 Å². The molecule has 1 aromatic heterocycles. The Bertz CT molecular complexity index is 460. The van der Waals surface area contributed by atoms with Gasteiger partial charge in [0, 0.05) is 23.5 Å². The maximum Gasteiger partial charge on any atom is 0.0364 e. The molecule has 2 aliphatic carbocycles. The number of fused-ring (bicyclic) bond motifs is 1. The first-order valence-electron chi connectivity index (χ1n) is 8.05. The summed E-state index contributed by atoms with van der Waals surface area (Å²) in [6.45, 7) is 7.15. The van der Waals surface area contributed by atoms with Gasteiger partial charge in [0.1, 0.15) is 0 Å². The van der Waals surface area contributed by atoms with Crippen LogP contribution in [0.25, 0.3) is 0 Å². The number of nitrogens with two attached hydrogens (primary N) is 1. The number of hydrogen-bond acceptors (Lipinski definition) is 1. The van der Waals surface area contributed by atoms with Gasteiger partial charge in [0.05, 0.1) is 0 Å². The number of nitrogens with zero attached hydrogens (tertiary/aromatic N) is 1. The van der Waals surface area contributed by atoms with E-state index in [0.717, 1.165) is 18.3 Å². The molecule has 2 aliphatic rings. The van der Waals surface area contributed by atoms with Crippen molar-refractivity contribution in [1.82, 2.24) is 4.57 Å². The van der Waals surface area contributed by atoms with E-state index in [4.69, 9.17) is 5.73 Å². The predicted molar refractivity (Wildman–Crippen MR) is 80.3 cm³/mol. The van der Waals surface area contributed by atoms with Gasteiger partial charge < -0.3 is 10.3 Å². The molecule has 19 heavy (non-hydrogen) atoms. The molecule has 0 aliphatic heterocycles. The molecule has 4 atom stereocenters. The van der Waals surface area contributed by atoms with Gasteiger partial charge in [0.15, 0.2) is 0 Å². The second kappa shape index (κ2) is 4.97. The van der Waals surface area contributed by atoms with Crippen molar-refractivity contribution in [3.8, 4) is 0 Å². The van der Waals surface area contributed by atoms with Crippen molar-refractivity contribution >= 4 is 0 Å². The standard InChI is InChI=1S/C17H28N2/c1-11-6-4-8-16(13(11)3)19-12(2)10-14-15(18)7-5-9-17(14)19/h10-11,13,15-16H,4-9,18H2,1-3H3. The molecule has 2 nitrogen and oxygen atoms in total. The van der Waals surface area contributed by atoms with E-state index in [-0.39, 0.29) is 6.04 Å². The molecule has 1 fully saturated rings. The van der Waals surface area contributed by atoms with Gasteiger partial charge in [-0.25, -0.2) is 0 Å². The van der Waals surface area contributed by atoms with Crippen LogP contribution < -0.4 is 5.73 Å². The minimum absolute atomic E-state index is 0.278. The molecule has 2 heteroatoms. The lowest BCUT2D eigenvalue weighted by Gasteiger charge is -2.37. The highest BCUT2D eigenvalue weighted by Gasteiger charge is 2.32. The molecule has 0 bridgehead atoms. The normalized spacial score (nSPS) is 35.2.